The summed E-state index contributed by atoms with van der Waals surface area (Å²) in [6.07, 6.45) is 0. The number of halogens is 2. The molecule has 0 bridgehead atoms. The SMILES string of the molecule is Cc1ccc(C(=O)OCC(=O)Nc2ccc(Cl)cc2F)cc1. The van der Waals surface area contributed by atoms with E-state index in [0.717, 1.165) is 11.6 Å². The van der Waals surface area contributed by atoms with Crippen LogP contribution in [0.15, 0.2) is 42.5 Å². The third kappa shape index (κ3) is 4.30. The van der Waals surface area contributed by atoms with E-state index in [1.807, 2.05) is 6.92 Å². The lowest BCUT2D eigenvalue weighted by Gasteiger charge is -2.08. The highest BCUT2D eigenvalue weighted by atomic mass is 35.5. The number of esters is 1. The van der Waals surface area contributed by atoms with Crippen molar-refractivity contribution in [2.45, 2.75) is 6.92 Å². The second-order valence-electron chi connectivity index (χ2n) is 4.61. The van der Waals surface area contributed by atoms with Gasteiger partial charge >= 0.3 is 5.97 Å². The third-order valence-electron chi connectivity index (χ3n) is 2.83. The highest BCUT2D eigenvalue weighted by Crippen LogP contribution is 2.18. The average Bonchev–Trinajstić information content (AvgIpc) is 2.48. The first-order valence-electron chi connectivity index (χ1n) is 6.44. The van der Waals surface area contributed by atoms with E-state index in [1.165, 1.54) is 12.1 Å². The molecular weight excluding hydrogens is 309 g/mol. The van der Waals surface area contributed by atoms with Crippen LogP contribution in [0.4, 0.5) is 10.1 Å². The van der Waals surface area contributed by atoms with Crippen LogP contribution in [0.25, 0.3) is 0 Å². The Morgan fingerprint density at radius 1 is 1.18 bits per heavy atom. The lowest BCUT2D eigenvalue weighted by atomic mass is 10.1. The number of amides is 1. The van der Waals surface area contributed by atoms with Gasteiger partial charge in [0.1, 0.15) is 5.82 Å². The zero-order chi connectivity index (χ0) is 16.1. The summed E-state index contributed by atoms with van der Waals surface area (Å²) in [5.41, 5.74) is 1.32. The number of anilines is 1. The topological polar surface area (TPSA) is 55.4 Å². The predicted octanol–water partition coefficient (Wildman–Crippen LogP) is 3.58. The molecule has 1 amide bonds. The number of benzene rings is 2. The minimum absolute atomic E-state index is 0.0271. The molecule has 6 heteroatoms. The van der Waals surface area contributed by atoms with E-state index in [1.54, 1.807) is 24.3 Å². The van der Waals surface area contributed by atoms with Crippen LogP contribution in [0.1, 0.15) is 15.9 Å². The highest BCUT2D eigenvalue weighted by molar-refractivity contribution is 6.30. The number of hydrogen-bond acceptors (Lipinski definition) is 3. The molecule has 2 aromatic rings. The Kier molecular flexibility index (Phi) is 5.12. The van der Waals surface area contributed by atoms with E-state index in [0.29, 0.717) is 5.56 Å². The van der Waals surface area contributed by atoms with Gasteiger partial charge in [-0.3, -0.25) is 4.79 Å². The minimum atomic E-state index is -0.661. The number of carbonyl (C=O) groups is 2. The maximum atomic E-state index is 13.5. The maximum Gasteiger partial charge on any atom is 0.338 e. The molecule has 0 saturated carbocycles. The van der Waals surface area contributed by atoms with Gasteiger partial charge in [0, 0.05) is 5.02 Å². The molecule has 0 aliphatic rings. The molecule has 0 saturated heterocycles. The second kappa shape index (κ2) is 7.04. The zero-order valence-corrected chi connectivity index (χ0v) is 12.5. The van der Waals surface area contributed by atoms with Gasteiger partial charge in [-0.2, -0.15) is 0 Å². The minimum Gasteiger partial charge on any atom is -0.452 e. The normalized spacial score (nSPS) is 10.1. The monoisotopic (exact) mass is 321 g/mol. The highest BCUT2D eigenvalue weighted by Gasteiger charge is 2.12. The number of rotatable bonds is 4. The molecule has 2 aromatic carbocycles. The van der Waals surface area contributed by atoms with Gasteiger partial charge in [-0.25, -0.2) is 9.18 Å². The fourth-order valence-electron chi connectivity index (χ4n) is 1.68. The van der Waals surface area contributed by atoms with Crippen LogP contribution in [0.3, 0.4) is 0 Å². The summed E-state index contributed by atoms with van der Waals surface area (Å²) in [6.45, 7) is 1.39. The number of carbonyl (C=O) groups excluding carboxylic acids is 2. The molecule has 0 spiro atoms. The summed E-state index contributed by atoms with van der Waals surface area (Å²) >= 11 is 5.61. The van der Waals surface area contributed by atoms with E-state index in [9.17, 15) is 14.0 Å². The standard InChI is InChI=1S/C16H13ClFNO3/c1-10-2-4-11(5-3-10)16(21)22-9-15(20)19-14-7-6-12(17)8-13(14)18/h2-8H,9H2,1H3,(H,19,20). The molecule has 0 heterocycles. The first kappa shape index (κ1) is 16.0. The van der Waals surface area contributed by atoms with Crippen molar-refractivity contribution in [3.63, 3.8) is 0 Å². The van der Waals surface area contributed by atoms with Gasteiger partial charge < -0.3 is 10.1 Å². The Bertz CT molecular complexity index is 701. The maximum absolute atomic E-state index is 13.5. The molecule has 0 aromatic heterocycles. The summed E-state index contributed by atoms with van der Waals surface area (Å²) < 4.78 is 18.4. The summed E-state index contributed by atoms with van der Waals surface area (Å²) in [5, 5.41) is 2.53. The van der Waals surface area contributed by atoms with Gasteiger partial charge in [-0.1, -0.05) is 29.3 Å². The molecule has 0 atom stereocenters. The number of hydrogen-bond donors (Lipinski definition) is 1. The smallest absolute Gasteiger partial charge is 0.338 e. The van der Waals surface area contributed by atoms with Crippen LogP contribution in [0.5, 0.6) is 0 Å². The second-order valence-corrected chi connectivity index (χ2v) is 5.05. The summed E-state index contributed by atoms with van der Waals surface area (Å²) in [5.74, 6) is -1.92. The Morgan fingerprint density at radius 2 is 1.86 bits per heavy atom. The molecular formula is C16H13ClFNO3. The fraction of sp³-hybridized carbons (Fsp3) is 0.125. The summed E-state index contributed by atoms with van der Waals surface area (Å²) in [6, 6.07) is 10.6. The van der Waals surface area contributed by atoms with Gasteiger partial charge in [0.15, 0.2) is 6.61 Å². The number of aryl methyl sites for hydroxylation is 1. The van der Waals surface area contributed by atoms with Gasteiger partial charge in [-0.15, -0.1) is 0 Å². The Balaban J connectivity index is 1.89. The third-order valence-corrected chi connectivity index (χ3v) is 3.06. The molecule has 114 valence electrons. The molecule has 0 aliphatic heterocycles. The summed E-state index contributed by atoms with van der Waals surface area (Å²) in [4.78, 5) is 23.4. The number of nitrogens with one attached hydrogen (secondary N) is 1. The predicted molar refractivity (Wildman–Crippen MR) is 81.5 cm³/mol. The van der Waals surface area contributed by atoms with Crippen LogP contribution in [0.2, 0.25) is 5.02 Å². The average molecular weight is 322 g/mol. The molecule has 0 fully saturated rings. The van der Waals surface area contributed by atoms with Crippen molar-refractivity contribution in [3.8, 4) is 0 Å². The lowest BCUT2D eigenvalue weighted by Crippen LogP contribution is -2.21. The summed E-state index contributed by atoms with van der Waals surface area (Å²) in [7, 11) is 0. The van der Waals surface area contributed by atoms with Crippen LogP contribution in [-0.2, 0) is 9.53 Å². The van der Waals surface area contributed by atoms with E-state index in [4.69, 9.17) is 16.3 Å². The largest absolute Gasteiger partial charge is 0.452 e. The van der Waals surface area contributed by atoms with Crippen molar-refractivity contribution in [1.82, 2.24) is 0 Å². The molecule has 0 aliphatic carbocycles. The Hall–Kier alpha value is -2.40. The first-order valence-corrected chi connectivity index (χ1v) is 6.82. The van der Waals surface area contributed by atoms with Crippen molar-refractivity contribution < 1.29 is 18.7 Å². The van der Waals surface area contributed by atoms with Gasteiger partial charge in [0.2, 0.25) is 0 Å². The van der Waals surface area contributed by atoms with Gasteiger partial charge in [0.05, 0.1) is 11.3 Å². The van der Waals surface area contributed by atoms with Crippen molar-refractivity contribution in [1.29, 1.82) is 0 Å². The molecule has 4 nitrogen and oxygen atoms in total. The zero-order valence-electron chi connectivity index (χ0n) is 11.7. The first-order chi connectivity index (χ1) is 10.5. The molecule has 0 unspecified atom stereocenters. The van der Waals surface area contributed by atoms with E-state index < -0.39 is 24.3 Å². The van der Waals surface area contributed by atoms with Crippen LogP contribution in [-0.4, -0.2) is 18.5 Å². The van der Waals surface area contributed by atoms with E-state index >= 15 is 0 Å². The quantitative estimate of drug-likeness (QED) is 0.876. The van der Waals surface area contributed by atoms with Crippen molar-refractivity contribution in [2.24, 2.45) is 0 Å². The Labute approximate surface area is 131 Å². The molecule has 0 radical (unpaired) electrons. The van der Waals surface area contributed by atoms with Crippen molar-refractivity contribution in [2.75, 3.05) is 11.9 Å². The number of ether oxygens (including phenoxy) is 1. The molecule has 22 heavy (non-hydrogen) atoms. The van der Waals surface area contributed by atoms with Gasteiger partial charge in [-0.05, 0) is 37.3 Å². The van der Waals surface area contributed by atoms with E-state index in [2.05, 4.69) is 5.32 Å². The van der Waals surface area contributed by atoms with Crippen molar-refractivity contribution >= 4 is 29.2 Å². The molecule has 1 N–H and O–H groups in total. The van der Waals surface area contributed by atoms with Gasteiger partial charge in [0.25, 0.3) is 5.91 Å². The van der Waals surface area contributed by atoms with E-state index in [-0.39, 0.29) is 10.7 Å². The Morgan fingerprint density at radius 3 is 2.50 bits per heavy atom. The fourth-order valence-corrected chi connectivity index (χ4v) is 1.84. The lowest BCUT2D eigenvalue weighted by molar-refractivity contribution is -0.119. The van der Waals surface area contributed by atoms with Crippen LogP contribution in [0, 0.1) is 12.7 Å². The van der Waals surface area contributed by atoms with Crippen molar-refractivity contribution in [3.05, 3.63) is 64.4 Å². The van der Waals surface area contributed by atoms with Crippen LogP contribution < -0.4 is 5.32 Å². The molecule has 2 rings (SSSR count). The van der Waals surface area contributed by atoms with Crippen LogP contribution >= 0.6 is 11.6 Å².